The molecule has 2 amide bonds. The summed E-state index contributed by atoms with van der Waals surface area (Å²) in [4.78, 5) is 22.8. The Morgan fingerprint density at radius 3 is 2.60 bits per heavy atom. The maximum atomic E-state index is 11.7. The zero-order chi connectivity index (χ0) is 14.7. The van der Waals surface area contributed by atoms with Gasteiger partial charge in [0.25, 0.3) is 0 Å². The number of benzene rings is 1. The third-order valence-electron chi connectivity index (χ3n) is 2.04. The molecule has 0 saturated carbocycles. The van der Waals surface area contributed by atoms with Crippen molar-refractivity contribution in [3.8, 4) is 0 Å². The standard InChI is InChI=1S/C9H5Cl2N5O3S/c10-3-1-4(7(17)18)6(5(11)2-3)12-8(19)13-9-14-15-16-20-9/h1-2H,(H,17,18)(H2,12,13,14,16,19). The van der Waals surface area contributed by atoms with Crippen molar-refractivity contribution in [2.45, 2.75) is 0 Å². The molecule has 2 aromatic rings. The van der Waals surface area contributed by atoms with Gasteiger partial charge in [0, 0.05) is 16.6 Å². The monoisotopic (exact) mass is 333 g/mol. The fourth-order valence-electron chi connectivity index (χ4n) is 1.29. The van der Waals surface area contributed by atoms with Gasteiger partial charge in [-0.05, 0) is 17.3 Å². The van der Waals surface area contributed by atoms with Crippen molar-refractivity contribution in [1.82, 2.24) is 14.8 Å². The zero-order valence-corrected chi connectivity index (χ0v) is 11.8. The van der Waals surface area contributed by atoms with Crippen LogP contribution < -0.4 is 10.6 Å². The molecule has 0 bridgehead atoms. The smallest absolute Gasteiger partial charge is 0.337 e. The van der Waals surface area contributed by atoms with Crippen LogP contribution >= 0.6 is 34.7 Å². The zero-order valence-electron chi connectivity index (χ0n) is 9.42. The van der Waals surface area contributed by atoms with Crippen molar-refractivity contribution in [2.75, 3.05) is 10.6 Å². The second-order valence-electron chi connectivity index (χ2n) is 3.36. The minimum absolute atomic E-state index is 0.000406. The number of urea groups is 1. The molecule has 8 nitrogen and oxygen atoms in total. The lowest BCUT2D eigenvalue weighted by atomic mass is 10.2. The molecule has 0 aliphatic heterocycles. The van der Waals surface area contributed by atoms with Crippen LogP contribution in [0.5, 0.6) is 0 Å². The molecule has 0 radical (unpaired) electrons. The van der Waals surface area contributed by atoms with Crippen molar-refractivity contribution >= 4 is 57.6 Å². The fraction of sp³-hybridized carbons (Fsp3) is 0. The topological polar surface area (TPSA) is 117 Å². The number of carbonyl (C=O) groups is 2. The van der Waals surface area contributed by atoms with Crippen molar-refractivity contribution in [2.24, 2.45) is 0 Å². The van der Waals surface area contributed by atoms with Crippen LogP contribution in [0.3, 0.4) is 0 Å². The molecule has 2 rings (SSSR count). The molecular formula is C9H5Cl2N5O3S. The summed E-state index contributed by atoms with van der Waals surface area (Å²) in [5.41, 5.74) is -0.299. The van der Waals surface area contributed by atoms with E-state index in [-0.39, 0.29) is 26.4 Å². The Morgan fingerprint density at radius 2 is 2.00 bits per heavy atom. The maximum absolute atomic E-state index is 11.7. The molecule has 1 aromatic carbocycles. The Balaban J connectivity index is 2.24. The summed E-state index contributed by atoms with van der Waals surface area (Å²) in [6.45, 7) is 0. The highest BCUT2D eigenvalue weighted by molar-refractivity contribution is 7.09. The van der Waals surface area contributed by atoms with Gasteiger partial charge in [0.2, 0.25) is 5.13 Å². The maximum Gasteiger partial charge on any atom is 0.337 e. The average Bonchev–Trinajstić information content (AvgIpc) is 2.84. The first-order valence-corrected chi connectivity index (χ1v) is 6.45. The molecule has 104 valence electrons. The SMILES string of the molecule is O=C(Nc1nnns1)Nc1c(Cl)cc(Cl)cc1C(=O)O. The summed E-state index contributed by atoms with van der Waals surface area (Å²) in [5.74, 6) is -1.28. The molecule has 1 heterocycles. The van der Waals surface area contributed by atoms with Gasteiger partial charge >= 0.3 is 12.0 Å². The summed E-state index contributed by atoms with van der Waals surface area (Å²) in [6, 6.07) is 1.77. The molecule has 11 heteroatoms. The number of rotatable bonds is 3. The Kier molecular flexibility index (Phi) is 4.32. The van der Waals surface area contributed by atoms with E-state index in [1.54, 1.807) is 0 Å². The van der Waals surface area contributed by atoms with Gasteiger partial charge in [-0.25, -0.2) is 9.59 Å². The van der Waals surface area contributed by atoms with Crippen molar-refractivity contribution in [3.63, 3.8) is 0 Å². The van der Waals surface area contributed by atoms with Crippen LogP contribution in [0, 0.1) is 0 Å². The number of halogens is 2. The number of nitrogens with zero attached hydrogens (tertiary/aromatic N) is 3. The van der Waals surface area contributed by atoms with Crippen LogP contribution in [0.2, 0.25) is 10.0 Å². The molecule has 0 aliphatic carbocycles. The Morgan fingerprint density at radius 1 is 1.25 bits per heavy atom. The van der Waals surface area contributed by atoms with Crippen molar-refractivity contribution in [1.29, 1.82) is 0 Å². The van der Waals surface area contributed by atoms with Crippen molar-refractivity contribution in [3.05, 3.63) is 27.7 Å². The summed E-state index contributed by atoms with van der Waals surface area (Å²) in [5, 5.41) is 20.8. The van der Waals surface area contributed by atoms with Gasteiger partial charge in [0.15, 0.2) is 0 Å². The van der Waals surface area contributed by atoms with E-state index in [9.17, 15) is 9.59 Å². The van der Waals surface area contributed by atoms with Gasteiger partial charge in [-0.3, -0.25) is 5.32 Å². The number of hydrogen-bond acceptors (Lipinski definition) is 6. The number of carboxylic acids is 1. The molecule has 1 aromatic heterocycles. The normalized spacial score (nSPS) is 10.1. The molecular weight excluding hydrogens is 329 g/mol. The van der Waals surface area contributed by atoms with E-state index < -0.39 is 12.0 Å². The number of anilines is 2. The quantitative estimate of drug-likeness (QED) is 0.794. The van der Waals surface area contributed by atoms with E-state index in [2.05, 4.69) is 25.4 Å². The number of hydrogen-bond donors (Lipinski definition) is 3. The third-order valence-corrected chi connectivity index (χ3v) is 3.07. The van der Waals surface area contributed by atoms with E-state index >= 15 is 0 Å². The minimum Gasteiger partial charge on any atom is -0.478 e. The highest BCUT2D eigenvalue weighted by Gasteiger charge is 2.17. The summed E-state index contributed by atoms with van der Waals surface area (Å²) < 4.78 is 3.46. The molecule has 0 unspecified atom stereocenters. The molecule has 0 spiro atoms. The second-order valence-corrected chi connectivity index (χ2v) is 4.94. The van der Waals surface area contributed by atoms with Crippen molar-refractivity contribution < 1.29 is 14.7 Å². The van der Waals surface area contributed by atoms with Gasteiger partial charge in [-0.2, -0.15) is 0 Å². The number of aromatic carboxylic acids is 1. The molecule has 0 aliphatic rings. The molecule has 20 heavy (non-hydrogen) atoms. The van der Waals surface area contributed by atoms with E-state index in [1.807, 2.05) is 0 Å². The summed E-state index contributed by atoms with van der Waals surface area (Å²) in [7, 11) is 0. The highest BCUT2D eigenvalue weighted by atomic mass is 35.5. The highest BCUT2D eigenvalue weighted by Crippen LogP contribution is 2.30. The van der Waals surface area contributed by atoms with Gasteiger partial charge in [-0.1, -0.05) is 32.8 Å². The van der Waals surface area contributed by atoms with Gasteiger partial charge in [0.1, 0.15) is 0 Å². The average molecular weight is 334 g/mol. The van der Waals surface area contributed by atoms with Crippen LogP contribution in [0.1, 0.15) is 10.4 Å². The van der Waals surface area contributed by atoms with E-state index in [0.717, 1.165) is 11.5 Å². The summed E-state index contributed by atoms with van der Waals surface area (Å²) in [6.07, 6.45) is 0. The predicted octanol–water partition coefficient (Wildman–Crippen LogP) is 2.58. The van der Waals surface area contributed by atoms with Crippen LogP contribution in [-0.4, -0.2) is 31.9 Å². The predicted molar refractivity (Wildman–Crippen MR) is 73.8 cm³/mol. The summed E-state index contributed by atoms with van der Waals surface area (Å²) >= 11 is 12.5. The first-order chi connectivity index (χ1) is 9.47. The van der Waals surface area contributed by atoms with E-state index in [0.29, 0.717) is 0 Å². The number of nitrogens with one attached hydrogen (secondary N) is 2. The van der Waals surface area contributed by atoms with Gasteiger partial charge in [0.05, 0.1) is 16.3 Å². The van der Waals surface area contributed by atoms with E-state index in [4.69, 9.17) is 28.3 Å². The molecule has 3 N–H and O–H groups in total. The minimum atomic E-state index is -1.28. The van der Waals surface area contributed by atoms with E-state index in [1.165, 1.54) is 12.1 Å². The lowest BCUT2D eigenvalue weighted by Gasteiger charge is -2.10. The van der Waals surface area contributed by atoms with Gasteiger partial charge < -0.3 is 10.4 Å². The Hall–Kier alpha value is -1.97. The van der Waals surface area contributed by atoms with Crippen LogP contribution in [0.4, 0.5) is 15.6 Å². The van der Waals surface area contributed by atoms with Gasteiger partial charge in [-0.15, -0.1) is 0 Å². The first-order valence-electron chi connectivity index (χ1n) is 4.92. The van der Waals surface area contributed by atoms with Crippen LogP contribution in [0.15, 0.2) is 12.1 Å². The first kappa shape index (κ1) is 14.4. The third kappa shape index (κ3) is 3.32. The second kappa shape index (κ2) is 5.99. The molecule has 0 atom stereocenters. The van der Waals surface area contributed by atoms with Crippen LogP contribution in [-0.2, 0) is 0 Å². The lowest BCUT2D eigenvalue weighted by Crippen LogP contribution is -2.21. The molecule has 0 saturated heterocycles. The Labute approximate surface area is 125 Å². The number of carbonyl (C=O) groups excluding carboxylic acids is 1. The molecule has 0 fully saturated rings. The number of amides is 2. The number of carboxylic acid groups (broad SMARTS) is 1. The largest absolute Gasteiger partial charge is 0.478 e. The fourth-order valence-corrected chi connectivity index (χ4v) is 2.20. The van der Waals surface area contributed by atoms with Crippen LogP contribution in [0.25, 0.3) is 0 Å². The number of aromatic nitrogens is 3. The Bertz CT molecular complexity index is 664. The lowest BCUT2D eigenvalue weighted by molar-refractivity contribution is 0.0698.